The van der Waals surface area contributed by atoms with Crippen LogP contribution in [0.4, 0.5) is 0 Å². The van der Waals surface area contributed by atoms with Gasteiger partial charge in [0.15, 0.2) is 11.5 Å². The Morgan fingerprint density at radius 1 is 0.818 bits per heavy atom. The normalized spacial score (nSPS) is 10.7. The van der Waals surface area contributed by atoms with Crippen molar-refractivity contribution in [2.45, 2.75) is 20.3 Å². The van der Waals surface area contributed by atoms with Crippen LogP contribution < -0.4 is 9.47 Å². The molecule has 0 fully saturated rings. The SMILES string of the molecule is CCN(CC)CCCOc1ccccc1Oc1ccccc1. The van der Waals surface area contributed by atoms with E-state index in [0.29, 0.717) is 6.61 Å². The van der Waals surface area contributed by atoms with Crippen LogP contribution in [0.3, 0.4) is 0 Å². The third kappa shape index (κ3) is 5.08. The van der Waals surface area contributed by atoms with Crippen LogP contribution >= 0.6 is 0 Å². The van der Waals surface area contributed by atoms with Crippen molar-refractivity contribution in [3.8, 4) is 17.2 Å². The van der Waals surface area contributed by atoms with E-state index >= 15 is 0 Å². The molecule has 0 saturated heterocycles. The largest absolute Gasteiger partial charge is 0.490 e. The number of nitrogens with zero attached hydrogens (tertiary/aromatic N) is 1. The van der Waals surface area contributed by atoms with Crippen molar-refractivity contribution in [2.24, 2.45) is 0 Å². The van der Waals surface area contributed by atoms with Gasteiger partial charge in [-0.25, -0.2) is 0 Å². The van der Waals surface area contributed by atoms with E-state index < -0.39 is 0 Å². The Balaban J connectivity index is 1.89. The maximum Gasteiger partial charge on any atom is 0.169 e. The molecule has 0 aromatic heterocycles. The molecule has 0 spiro atoms. The Morgan fingerprint density at radius 3 is 2.14 bits per heavy atom. The molecule has 2 rings (SSSR count). The zero-order chi connectivity index (χ0) is 15.6. The number of hydrogen-bond donors (Lipinski definition) is 0. The van der Waals surface area contributed by atoms with Gasteiger partial charge in [0.2, 0.25) is 0 Å². The summed E-state index contributed by atoms with van der Waals surface area (Å²) < 4.78 is 11.8. The first kappa shape index (κ1) is 16.4. The van der Waals surface area contributed by atoms with Gasteiger partial charge in [-0.15, -0.1) is 0 Å². The van der Waals surface area contributed by atoms with E-state index in [4.69, 9.17) is 9.47 Å². The molecule has 0 aliphatic rings. The highest BCUT2D eigenvalue weighted by Gasteiger charge is 2.06. The molecule has 2 aromatic rings. The highest BCUT2D eigenvalue weighted by molar-refractivity contribution is 5.42. The van der Waals surface area contributed by atoms with Gasteiger partial charge >= 0.3 is 0 Å². The summed E-state index contributed by atoms with van der Waals surface area (Å²) >= 11 is 0. The molecular weight excluding hydrogens is 274 g/mol. The molecule has 2 aromatic carbocycles. The van der Waals surface area contributed by atoms with Crippen molar-refractivity contribution in [3.63, 3.8) is 0 Å². The van der Waals surface area contributed by atoms with Gasteiger partial charge in [0.05, 0.1) is 6.61 Å². The van der Waals surface area contributed by atoms with Crippen LogP contribution in [0, 0.1) is 0 Å². The van der Waals surface area contributed by atoms with Crippen molar-refractivity contribution in [2.75, 3.05) is 26.2 Å². The smallest absolute Gasteiger partial charge is 0.169 e. The van der Waals surface area contributed by atoms with Crippen molar-refractivity contribution in [1.29, 1.82) is 0 Å². The van der Waals surface area contributed by atoms with E-state index in [-0.39, 0.29) is 0 Å². The first-order valence-electron chi connectivity index (χ1n) is 8.00. The Morgan fingerprint density at radius 2 is 1.45 bits per heavy atom. The molecular formula is C19H25NO2. The second-order valence-electron chi connectivity index (χ2n) is 5.09. The van der Waals surface area contributed by atoms with Crippen LogP contribution in [0.25, 0.3) is 0 Å². The molecule has 22 heavy (non-hydrogen) atoms. The third-order valence-electron chi connectivity index (χ3n) is 3.59. The topological polar surface area (TPSA) is 21.7 Å². The minimum atomic E-state index is 0.700. The molecule has 3 heteroatoms. The zero-order valence-electron chi connectivity index (χ0n) is 13.5. The lowest BCUT2D eigenvalue weighted by molar-refractivity contribution is 0.244. The number of hydrogen-bond acceptors (Lipinski definition) is 3. The highest BCUT2D eigenvalue weighted by atomic mass is 16.5. The van der Waals surface area contributed by atoms with E-state index in [9.17, 15) is 0 Å². The van der Waals surface area contributed by atoms with Gasteiger partial charge in [-0.3, -0.25) is 0 Å². The van der Waals surface area contributed by atoms with E-state index in [0.717, 1.165) is 43.3 Å². The Bertz CT molecular complexity index is 538. The summed E-state index contributed by atoms with van der Waals surface area (Å²) in [4.78, 5) is 2.40. The van der Waals surface area contributed by atoms with Gasteiger partial charge in [0.1, 0.15) is 5.75 Å². The molecule has 0 saturated carbocycles. The average Bonchev–Trinajstić information content (AvgIpc) is 2.57. The predicted molar refractivity (Wildman–Crippen MR) is 90.9 cm³/mol. The second kappa shape index (κ2) is 9.11. The Hall–Kier alpha value is -2.00. The second-order valence-corrected chi connectivity index (χ2v) is 5.09. The van der Waals surface area contributed by atoms with E-state index in [1.165, 1.54) is 0 Å². The minimum absolute atomic E-state index is 0.700. The lowest BCUT2D eigenvalue weighted by atomic mass is 10.3. The number of benzene rings is 2. The molecule has 0 amide bonds. The Kier molecular flexibility index (Phi) is 6.78. The molecule has 0 radical (unpaired) electrons. The molecule has 0 atom stereocenters. The van der Waals surface area contributed by atoms with Crippen molar-refractivity contribution >= 4 is 0 Å². The summed E-state index contributed by atoms with van der Waals surface area (Å²) in [5, 5.41) is 0. The quantitative estimate of drug-likeness (QED) is 0.632. The van der Waals surface area contributed by atoms with E-state index in [1.54, 1.807) is 0 Å². The molecule has 0 aliphatic heterocycles. The van der Waals surface area contributed by atoms with Crippen molar-refractivity contribution in [1.82, 2.24) is 4.90 Å². The lowest BCUT2D eigenvalue weighted by Crippen LogP contribution is -2.25. The maximum atomic E-state index is 5.90. The summed E-state index contributed by atoms with van der Waals surface area (Å²) in [6, 6.07) is 17.6. The Labute approximate surface area is 133 Å². The van der Waals surface area contributed by atoms with Crippen LogP contribution in [0.5, 0.6) is 17.2 Å². The zero-order valence-corrected chi connectivity index (χ0v) is 13.5. The predicted octanol–water partition coefficient (Wildman–Crippen LogP) is 4.59. The standard InChI is InChI=1S/C19H25NO2/c1-3-20(4-2)15-10-16-21-18-13-8-9-14-19(18)22-17-11-6-5-7-12-17/h5-9,11-14H,3-4,10,15-16H2,1-2H3. The van der Waals surface area contributed by atoms with Crippen molar-refractivity contribution in [3.05, 3.63) is 54.6 Å². The minimum Gasteiger partial charge on any atom is -0.490 e. The van der Waals surface area contributed by atoms with Crippen molar-refractivity contribution < 1.29 is 9.47 Å². The fraction of sp³-hybridized carbons (Fsp3) is 0.368. The van der Waals surface area contributed by atoms with E-state index in [1.807, 2.05) is 54.6 Å². The van der Waals surface area contributed by atoms with E-state index in [2.05, 4.69) is 18.7 Å². The molecule has 118 valence electrons. The molecule has 0 aliphatic carbocycles. The maximum absolute atomic E-state index is 5.90. The van der Waals surface area contributed by atoms with Gasteiger partial charge < -0.3 is 14.4 Å². The van der Waals surface area contributed by atoms with Crippen LogP contribution in [0.15, 0.2) is 54.6 Å². The molecule has 0 N–H and O–H groups in total. The molecule has 0 bridgehead atoms. The summed E-state index contributed by atoms with van der Waals surface area (Å²) in [6.45, 7) is 8.31. The lowest BCUT2D eigenvalue weighted by Gasteiger charge is -2.18. The fourth-order valence-electron chi connectivity index (χ4n) is 2.28. The average molecular weight is 299 g/mol. The summed E-state index contributed by atoms with van der Waals surface area (Å²) in [7, 11) is 0. The van der Waals surface area contributed by atoms with Crippen LogP contribution in [0.2, 0.25) is 0 Å². The van der Waals surface area contributed by atoms with Crippen LogP contribution in [-0.4, -0.2) is 31.1 Å². The van der Waals surface area contributed by atoms with Crippen LogP contribution in [-0.2, 0) is 0 Å². The molecule has 0 unspecified atom stereocenters. The third-order valence-corrected chi connectivity index (χ3v) is 3.59. The fourth-order valence-corrected chi connectivity index (χ4v) is 2.28. The van der Waals surface area contributed by atoms with Gasteiger partial charge in [-0.1, -0.05) is 44.2 Å². The van der Waals surface area contributed by atoms with Gasteiger partial charge in [0, 0.05) is 6.54 Å². The molecule has 3 nitrogen and oxygen atoms in total. The summed E-state index contributed by atoms with van der Waals surface area (Å²) in [6.07, 6.45) is 1.02. The van der Waals surface area contributed by atoms with Gasteiger partial charge in [-0.05, 0) is 43.8 Å². The monoisotopic (exact) mass is 299 g/mol. The van der Waals surface area contributed by atoms with Crippen LogP contribution in [0.1, 0.15) is 20.3 Å². The number of para-hydroxylation sites is 3. The first-order chi connectivity index (χ1) is 10.8. The summed E-state index contributed by atoms with van der Waals surface area (Å²) in [5.41, 5.74) is 0. The van der Waals surface area contributed by atoms with Gasteiger partial charge in [-0.2, -0.15) is 0 Å². The molecule has 0 heterocycles. The number of rotatable bonds is 9. The first-order valence-corrected chi connectivity index (χ1v) is 8.00. The van der Waals surface area contributed by atoms with Gasteiger partial charge in [0.25, 0.3) is 0 Å². The highest BCUT2D eigenvalue weighted by Crippen LogP contribution is 2.31. The summed E-state index contributed by atoms with van der Waals surface area (Å²) in [5.74, 6) is 2.38. The number of ether oxygens (including phenoxy) is 2.